The molecule has 0 aliphatic heterocycles. The Kier molecular flexibility index (Phi) is 13.9. The summed E-state index contributed by atoms with van der Waals surface area (Å²) in [5.74, 6) is -1.12. The molecule has 1 heterocycles. The maximum atomic E-state index is 13.2. The molecule has 1 amide bonds. The number of hydrogen-bond donors (Lipinski definition) is 4. The van der Waals surface area contributed by atoms with Crippen molar-refractivity contribution in [1.29, 1.82) is 0 Å². The van der Waals surface area contributed by atoms with E-state index in [-0.39, 0.29) is 17.3 Å². The minimum atomic E-state index is -1.38. The molecule has 3 aromatic carbocycles. The maximum Gasteiger partial charge on any atom is 0.323 e. The fourth-order valence-electron chi connectivity index (χ4n) is 5.55. The lowest BCUT2D eigenvalue weighted by atomic mass is 9.98. The van der Waals surface area contributed by atoms with Crippen LogP contribution in [0, 0.1) is 0 Å². The molecule has 1 atom stereocenters. The third-order valence-corrected chi connectivity index (χ3v) is 8.47. The number of carbonyl (C=O) groups excluding carboxylic acids is 4. The molecule has 1 aromatic heterocycles. The number of H-pyrrole nitrogens is 2. The van der Waals surface area contributed by atoms with Crippen LogP contribution in [0.15, 0.2) is 75.7 Å². The average molecular weight is 682 g/mol. The van der Waals surface area contributed by atoms with Crippen LogP contribution < -0.4 is 16.3 Å². The van der Waals surface area contributed by atoms with E-state index in [2.05, 4.69) is 56.5 Å². The molecule has 1 unspecified atom stereocenters. The normalized spacial score (nSPS) is 12.0. The number of aromatic nitrogens is 2. The number of azo groups is 1. The van der Waals surface area contributed by atoms with Gasteiger partial charge < -0.3 is 25.5 Å². The van der Waals surface area contributed by atoms with E-state index in [1.807, 2.05) is 0 Å². The Balaban J connectivity index is 1.44. The highest BCUT2D eigenvalue weighted by molar-refractivity contribution is 6.10. The van der Waals surface area contributed by atoms with Gasteiger partial charge in [-0.2, -0.15) is 10.2 Å². The Hall–Kier alpha value is -5.23. The largest absolute Gasteiger partial charge is 0.355 e. The number of amides is 1. The summed E-state index contributed by atoms with van der Waals surface area (Å²) in [4.78, 5) is 70.7. The van der Waals surface area contributed by atoms with Gasteiger partial charge in [-0.05, 0) is 106 Å². The number of nitrogens with zero attached hydrogens (tertiary/aromatic N) is 3. The number of benzene rings is 3. The molecular formula is C38H47N7O5. The molecule has 0 saturated carbocycles. The standard InChI is InChI=1S/C38H47N7O5/c1-5-8-9-12-34(47)26-21-27(35(48)13-10-11-20-45(6-2)7-3)23-31(22-26)39-28-14-16-29(17-15-28)43-44-36(25(4)46)37(49)40-30-18-19-32-33(24-30)42-38(50)41-32/h14-19,21-24,36,39H,5-13,20H2,1-4H3,(H,40,49)(H2,41,42,50). The first-order chi connectivity index (χ1) is 24.1. The van der Waals surface area contributed by atoms with E-state index >= 15 is 0 Å². The molecule has 12 heteroatoms. The second kappa shape index (κ2) is 18.5. The van der Waals surface area contributed by atoms with Crippen molar-refractivity contribution in [2.75, 3.05) is 30.3 Å². The summed E-state index contributed by atoms with van der Waals surface area (Å²) in [5, 5.41) is 14.1. The van der Waals surface area contributed by atoms with Gasteiger partial charge in [-0.1, -0.05) is 33.6 Å². The average Bonchev–Trinajstić information content (AvgIpc) is 3.48. The lowest BCUT2D eigenvalue weighted by Gasteiger charge is -2.17. The van der Waals surface area contributed by atoms with E-state index in [9.17, 15) is 24.0 Å². The summed E-state index contributed by atoms with van der Waals surface area (Å²) in [6, 6.07) is 15.6. The fraction of sp³-hybridized carbons (Fsp3) is 0.395. The van der Waals surface area contributed by atoms with Crippen LogP contribution in [0.2, 0.25) is 0 Å². The van der Waals surface area contributed by atoms with E-state index in [1.165, 1.54) is 6.92 Å². The maximum absolute atomic E-state index is 13.2. The molecule has 0 fully saturated rings. The van der Waals surface area contributed by atoms with Gasteiger partial charge in [0.05, 0.1) is 16.7 Å². The first-order valence-corrected chi connectivity index (χ1v) is 17.3. The molecule has 264 valence electrons. The number of imidazole rings is 1. The first kappa shape index (κ1) is 37.6. The van der Waals surface area contributed by atoms with Crippen molar-refractivity contribution in [2.24, 2.45) is 10.2 Å². The predicted octanol–water partition coefficient (Wildman–Crippen LogP) is 7.74. The molecule has 12 nitrogen and oxygen atoms in total. The number of nitrogens with one attached hydrogen (secondary N) is 4. The quantitative estimate of drug-likeness (QED) is 0.0320. The van der Waals surface area contributed by atoms with Gasteiger partial charge in [0.2, 0.25) is 6.04 Å². The van der Waals surface area contributed by atoms with Crippen molar-refractivity contribution in [3.8, 4) is 0 Å². The van der Waals surface area contributed by atoms with Crippen molar-refractivity contribution < 1.29 is 19.2 Å². The van der Waals surface area contributed by atoms with Gasteiger partial charge in [0, 0.05) is 41.0 Å². The fourth-order valence-corrected chi connectivity index (χ4v) is 5.55. The van der Waals surface area contributed by atoms with Crippen molar-refractivity contribution in [1.82, 2.24) is 14.9 Å². The van der Waals surface area contributed by atoms with Crippen molar-refractivity contribution in [3.63, 3.8) is 0 Å². The molecule has 4 rings (SSSR count). The van der Waals surface area contributed by atoms with Gasteiger partial charge in [0.15, 0.2) is 17.3 Å². The van der Waals surface area contributed by atoms with E-state index in [1.54, 1.807) is 60.7 Å². The zero-order chi connectivity index (χ0) is 36.0. The number of anilines is 3. The van der Waals surface area contributed by atoms with Gasteiger partial charge in [-0.3, -0.25) is 19.2 Å². The summed E-state index contributed by atoms with van der Waals surface area (Å²) in [7, 11) is 0. The number of Topliss-reactive ketones (excluding diaryl/α,β-unsaturated/α-hetero) is 3. The monoisotopic (exact) mass is 681 g/mol. The van der Waals surface area contributed by atoms with Crippen molar-refractivity contribution in [3.05, 3.63) is 82.3 Å². The Labute approximate surface area is 292 Å². The third kappa shape index (κ3) is 10.9. The Morgan fingerprint density at radius 1 is 0.740 bits per heavy atom. The van der Waals surface area contributed by atoms with Crippen LogP contribution in [0.5, 0.6) is 0 Å². The second-order valence-corrected chi connectivity index (χ2v) is 12.3. The van der Waals surface area contributed by atoms with Crippen LogP contribution in [0.4, 0.5) is 22.7 Å². The van der Waals surface area contributed by atoms with Gasteiger partial charge in [0.1, 0.15) is 0 Å². The molecule has 0 bridgehead atoms. The summed E-state index contributed by atoms with van der Waals surface area (Å²) >= 11 is 0. The predicted molar refractivity (Wildman–Crippen MR) is 197 cm³/mol. The number of unbranched alkanes of at least 4 members (excludes halogenated alkanes) is 3. The summed E-state index contributed by atoms with van der Waals surface area (Å²) < 4.78 is 0. The molecule has 0 saturated heterocycles. The van der Waals surface area contributed by atoms with E-state index in [4.69, 9.17) is 0 Å². The first-order valence-electron chi connectivity index (χ1n) is 17.3. The summed E-state index contributed by atoms with van der Waals surface area (Å²) in [5.41, 5.74) is 3.88. The van der Waals surface area contributed by atoms with E-state index in [0.29, 0.717) is 57.8 Å². The van der Waals surface area contributed by atoms with Crippen LogP contribution in [-0.4, -0.2) is 63.8 Å². The zero-order valence-corrected chi connectivity index (χ0v) is 29.3. The van der Waals surface area contributed by atoms with Crippen LogP contribution in [0.3, 0.4) is 0 Å². The Morgan fingerprint density at radius 3 is 1.98 bits per heavy atom. The molecule has 4 aromatic rings. The number of ketones is 3. The molecule has 0 aliphatic rings. The minimum Gasteiger partial charge on any atom is -0.355 e. The SMILES string of the molecule is CCCCCC(=O)c1cc(Nc2ccc(N=NC(C(C)=O)C(=O)Nc3ccc4[nH]c(=O)[nH]c4c3)cc2)cc(C(=O)CCCCN(CC)CC)c1. The number of hydrogen-bond acceptors (Lipinski definition) is 9. The second-order valence-electron chi connectivity index (χ2n) is 12.3. The number of carbonyl (C=O) groups is 4. The smallest absolute Gasteiger partial charge is 0.323 e. The van der Waals surface area contributed by atoms with Crippen LogP contribution in [0.1, 0.15) is 93.4 Å². The van der Waals surface area contributed by atoms with Gasteiger partial charge in [-0.25, -0.2) is 4.79 Å². The van der Waals surface area contributed by atoms with Gasteiger partial charge >= 0.3 is 5.69 Å². The van der Waals surface area contributed by atoms with Gasteiger partial charge in [-0.15, -0.1) is 0 Å². The third-order valence-electron chi connectivity index (χ3n) is 8.47. The Morgan fingerprint density at radius 2 is 1.36 bits per heavy atom. The van der Waals surface area contributed by atoms with E-state index in [0.717, 1.165) is 51.7 Å². The number of fused-ring (bicyclic) bond motifs is 1. The summed E-state index contributed by atoms with van der Waals surface area (Å²) in [6.07, 6.45) is 5.34. The lowest BCUT2D eigenvalue weighted by molar-refractivity contribution is -0.126. The molecular weight excluding hydrogens is 634 g/mol. The van der Waals surface area contributed by atoms with E-state index < -0.39 is 17.7 Å². The molecule has 0 spiro atoms. The number of rotatable bonds is 20. The van der Waals surface area contributed by atoms with Crippen LogP contribution in [0.25, 0.3) is 11.0 Å². The minimum absolute atomic E-state index is 0.00979. The van der Waals surface area contributed by atoms with Crippen molar-refractivity contribution >= 4 is 57.0 Å². The van der Waals surface area contributed by atoms with Crippen LogP contribution in [-0.2, 0) is 9.59 Å². The zero-order valence-electron chi connectivity index (χ0n) is 29.3. The van der Waals surface area contributed by atoms with Gasteiger partial charge in [0.25, 0.3) is 5.91 Å². The highest BCUT2D eigenvalue weighted by Crippen LogP contribution is 2.25. The van der Waals surface area contributed by atoms with Crippen LogP contribution >= 0.6 is 0 Å². The summed E-state index contributed by atoms with van der Waals surface area (Å²) in [6.45, 7) is 10.5. The topological polar surface area (TPSA) is 169 Å². The number of aromatic amines is 2. The molecule has 0 aliphatic carbocycles. The lowest BCUT2D eigenvalue weighted by Crippen LogP contribution is -2.31. The highest BCUT2D eigenvalue weighted by Gasteiger charge is 2.23. The Bertz CT molecular complexity index is 1870. The molecule has 50 heavy (non-hydrogen) atoms. The highest BCUT2D eigenvalue weighted by atomic mass is 16.2. The van der Waals surface area contributed by atoms with Crippen molar-refractivity contribution in [2.45, 2.75) is 78.7 Å². The molecule has 4 N–H and O–H groups in total. The molecule has 0 radical (unpaired) electrons.